The van der Waals surface area contributed by atoms with Crippen molar-refractivity contribution in [3.63, 3.8) is 0 Å². The largest absolute Gasteiger partial charge is 0.395 e. The lowest BCUT2D eigenvalue weighted by atomic mass is 9.93. The summed E-state index contributed by atoms with van der Waals surface area (Å²) < 4.78 is 13.4. The zero-order valence-corrected chi connectivity index (χ0v) is 9.91. The molecule has 2 atom stereocenters. The van der Waals surface area contributed by atoms with Crippen LogP contribution >= 0.6 is 0 Å². The molecule has 0 bridgehead atoms. The molecule has 0 saturated carbocycles. The first-order valence-electron chi connectivity index (χ1n) is 5.90. The molecule has 1 saturated heterocycles. The van der Waals surface area contributed by atoms with Crippen LogP contribution in [0.1, 0.15) is 26.7 Å². The fourth-order valence-corrected chi connectivity index (χ4v) is 2.54. The lowest BCUT2D eigenvalue weighted by Crippen LogP contribution is -2.40. The Kier molecular flexibility index (Phi) is 3.03. The highest BCUT2D eigenvalue weighted by Gasteiger charge is 2.24. The first-order chi connectivity index (χ1) is 7.59. The molecule has 1 aromatic rings. The predicted molar refractivity (Wildman–Crippen MR) is 66.0 cm³/mol. The third-order valence-corrected chi connectivity index (χ3v) is 3.48. The Hall–Kier alpha value is -1.25. The number of benzene rings is 1. The van der Waals surface area contributed by atoms with E-state index in [0.29, 0.717) is 6.04 Å². The number of nitrogens with zero attached hydrogens (tertiary/aromatic N) is 1. The molecule has 3 heteroatoms. The van der Waals surface area contributed by atoms with Gasteiger partial charge in [0.05, 0.1) is 11.4 Å². The highest BCUT2D eigenvalue weighted by molar-refractivity contribution is 5.68. The van der Waals surface area contributed by atoms with Crippen LogP contribution in [0.5, 0.6) is 0 Å². The third kappa shape index (κ3) is 1.99. The summed E-state index contributed by atoms with van der Waals surface area (Å²) in [4.78, 5) is 2.22. The van der Waals surface area contributed by atoms with Crippen molar-refractivity contribution in [2.24, 2.45) is 5.92 Å². The average Bonchev–Trinajstić information content (AvgIpc) is 2.23. The minimum absolute atomic E-state index is 0.281. The number of hydrogen-bond acceptors (Lipinski definition) is 2. The van der Waals surface area contributed by atoms with E-state index in [1.165, 1.54) is 6.07 Å². The van der Waals surface area contributed by atoms with Gasteiger partial charge in [-0.25, -0.2) is 4.39 Å². The first-order valence-corrected chi connectivity index (χ1v) is 5.90. The SMILES string of the molecule is CC1CCN(c2cccc(F)c2N)C(C)C1. The second kappa shape index (κ2) is 4.32. The van der Waals surface area contributed by atoms with E-state index in [2.05, 4.69) is 18.7 Å². The Morgan fingerprint density at radius 3 is 2.81 bits per heavy atom. The molecule has 2 N–H and O–H groups in total. The van der Waals surface area contributed by atoms with Gasteiger partial charge in [-0.3, -0.25) is 0 Å². The van der Waals surface area contributed by atoms with E-state index in [-0.39, 0.29) is 11.5 Å². The number of piperidine rings is 1. The van der Waals surface area contributed by atoms with Crippen LogP contribution in [0.4, 0.5) is 15.8 Å². The number of hydrogen-bond donors (Lipinski definition) is 1. The molecule has 2 unspecified atom stereocenters. The molecule has 88 valence electrons. The Morgan fingerprint density at radius 2 is 2.12 bits per heavy atom. The Labute approximate surface area is 96.2 Å². The van der Waals surface area contributed by atoms with E-state index < -0.39 is 0 Å². The van der Waals surface area contributed by atoms with Crippen molar-refractivity contribution in [2.45, 2.75) is 32.7 Å². The summed E-state index contributed by atoms with van der Waals surface area (Å²) in [6, 6.07) is 5.49. The Morgan fingerprint density at radius 1 is 1.38 bits per heavy atom. The number of anilines is 2. The summed E-state index contributed by atoms with van der Waals surface area (Å²) in [6.45, 7) is 5.42. The highest BCUT2D eigenvalue weighted by Crippen LogP contribution is 2.32. The molecule has 1 aliphatic rings. The summed E-state index contributed by atoms with van der Waals surface area (Å²) >= 11 is 0. The maximum Gasteiger partial charge on any atom is 0.148 e. The van der Waals surface area contributed by atoms with Crippen molar-refractivity contribution in [1.29, 1.82) is 0 Å². The van der Waals surface area contributed by atoms with E-state index >= 15 is 0 Å². The summed E-state index contributed by atoms with van der Waals surface area (Å²) in [6.07, 6.45) is 2.30. The molecular formula is C13H19FN2. The quantitative estimate of drug-likeness (QED) is 0.740. The van der Waals surface area contributed by atoms with Crippen molar-refractivity contribution in [3.8, 4) is 0 Å². The number of rotatable bonds is 1. The lowest BCUT2D eigenvalue weighted by Gasteiger charge is -2.38. The van der Waals surface area contributed by atoms with Crippen LogP contribution in [0, 0.1) is 11.7 Å². The molecule has 1 aromatic carbocycles. The molecule has 16 heavy (non-hydrogen) atoms. The molecule has 0 amide bonds. The van der Waals surface area contributed by atoms with Crippen molar-refractivity contribution in [3.05, 3.63) is 24.0 Å². The molecular weight excluding hydrogens is 203 g/mol. The molecule has 1 fully saturated rings. The summed E-state index contributed by atoms with van der Waals surface area (Å²) in [5.74, 6) is 0.435. The maximum atomic E-state index is 13.4. The van der Waals surface area contributed by atoms with E-state index in [0.717, 1.165) is 31.0 Å². The molecule has 0 radical (unpaired) electrons. The van der Waals surface area contributed by atoms with E-state index in [1.807, 2.05) is 6.07 Å². The second-order valence-electron chi connectivity index (χ2n) is 4.84. The Balaban J connectivity index is 2.27. The van der Waals surface area contributed by atoms with E-state index in [4.69, 9.17) is 5.73 Å². The van der Waals surface area contributed by atoms with Crippen molar-refractivity contribution in [1.82, 2.24) is 0 Å². The number of para-hydroxylation sites is 1. The van der Waals surface area contributed by atoms with Gasteiger partial charge in [0.15, 0.2) is 0 Å². The monoisotopic (exact) mass is 222 g/mol. The molecule has 0 spiro atoms. The standard InChI is InChI=1S/C13H19FN2/c1-9-6-7-16(10(2)8-9)12-5-3-4-11(14)13(12)15/h3-5,9-10H,6-8,15H2,1-2H3. The minimum atomic E-state index is -0.316. The van der Waals surface area contributed by atoms with Gasteiger partial charge in [0.25, 0.3) is 0 Å². The Bertz CT molecular complexity index is 378. The van der Waals surface area contributed by atoms with Crippen molar-refractivity contribution < 1.29 is 4.39 Å². The third-order valence-electron chi connectivity index (χ3n) is 3.48. The normalized spacial score (nSPS) is 25.8. The van der Waals surface area contributed by atoms with Crippen LogP contribution < -0.4 is 10.6 Å². The van der Waals surface area contributed by atoms with Gasteiger partial charge < -0.3 is 10.6 Å². The molecule has 2 rings (SSSR count). The van der Waals surface area contributed by atoms with Crippen molar-refractivity contribution in [2.75, 3.05) is 17.2 Å². The van der Waals surface area contributed by atoms with Crippen LogP contribution in [-0.2, 0) is 0 Å². The number of nitrogens with two attached hydrogens (primary N) is 1. The van der Waals surface area contributed by atoms with Gasteiger partial charge >= 0.3 is 0 Å². The van der Waals surface area contributed by atoms with Crippen LogP contribution in [-0.4, -0.2) is 12.6 Å². The molecule has 1 aliphatic heterocycles. The van der Waals surface area contributed by atoms with Gasteiger partial charge in [-0.1, -0.05) is 13.0 Å². The minimum Gasteiger partial charge on any atom is -0.395 e. The number of halogens is 1. The van der Waals surface area contributed by atoms with Gasteiger partial charge in [-0.2, -0.15) is 0 Å². The summed E-state index contributed by atoms with van der Waals surface area (Å²) in [5, 5.41) is 0. The zero-order chi connectivity index (χ0) is 11.7. The van der Waals surface area contributed by atoms with Crippen LogP contribution in [0.15, 0.2) is 18.2 Å². The van der Waals surface area contributed by atoms with Gasteiger partial charge in [0.1, 0.15) is 5.82 Å². The lowest BCUT2D eigenvalue weighted by molar-refractivity contribution is 0.378. The molecule has 0 aromatic heterocycles. The summed E-state index contributed by atoms with van der Waals surface area (Å²) in [5.41, 5.74) is 6.92. The smallest absolute Gasteiger partial charge is 0.148 e. The zero-order valence-electron chi connectivity index (χ0n) is 9.91. The fraction of sp³-hybridized carbons (Fsp3) is 0.538. The van der Waals surface area contributed by atoms with Gasteiger partial charge in [0, 0.05) is 12.6 Å². The maximum absolute atomic E-state index is 13.4. The molecule has 0 aliphatic carbocycles. The van der Waals surface area contributed by atoms with Gasteiger partial charge in [-0.15, -0.1) is 0 Å². The number of nitrogen functional groups attached to an aromatic ring is 1. The molecule has 2 nitrogen and oxygen atoms in total. The topological polar surface area (TPSA) is 29.3 Å². The van der Waals surface area contributed by atoms with Crippen LogP contribution in [0.25, 0.3) is 0 Å². The van der Waals surface area contributed by atoms with Crippen LogP contribution in [0.2, 0.25) is 0 Å². The summed E-state index contributed by atoms with van der Waals surface area (Å²) in [7, 11) is 0. The van der Waals surface area contributed by atoms with Gasteiger partial charge in [0.2, 0.25) is 0 Å². The van der Waals surface area contributed by atoms with Gasteiger partial charge in [-0.05, 0) is 37.8 Å². The average molecular weight is 222 g/mol. The molecule has 1 heterocycles. The van der Waals surface area contributed by atoms with Crippen LogP contribution in [0.3, 0.4) is 0 Å². The predicted octanol–water partition coefficient (Wildman–Crippen LogP) is 3.03. The first kappa shape index (κ1) is 11.2. The van der Waals surface area contributed by atoms with E-state index in [1.54, 1.807) is 6.07 Å². The second-order valence-corrected chi connectivity index (χ2v) is 4.84. The highest BCUT2D eigenvalue weighted by atomic mass is 19.1. The van der Waals surface area contributed by atoms with Crippen molar-refractivity contribution >= 4 is 11.4 Å². The van der Waals surface area contributed by atoms with E-state index in [9.17, 15) is 4.39 Å². The fourth-order valence-electron chi connectivity index (χ4n) is 2.54.